The Labute approximate surface area is 146 Å². The molecule has 0 radical (unpaired) electrons. The van der Waals surface area contributed by atoms with Crippen molar-refractivity contribution in [3.8, 4) is 6.07 Å². The molecule has 2 N–H and O–H groups in total. The molecular weight excluding hydrogens is 333 g/mol. The van der Waals surface area contributed by atoms with Gasteiger partial charge in [0, 0.05) is 0 Å². The molecule has 3 aromatic rings. The lowest BCUT2D eigenvalue weighted by atomic mass is 9.82. The average Bonchev–Trinajstić information content (AvgIpc) is 2.63. The van der Waals surface area contributed by atoms with Gasteiger partial charge < -0.3 is 9.79 Å². The second-order valence-corrected chi connectivity index (χ2v) is 7.40. The van der Waals surface area contributed by atoms with E-state index in [4.69, 9.17) is 0 Å². The standard InChI is InChI=1S/C20H16NO3P/c21-15-16-9-7-8-14-19(16)20(25(22,23)24,17-10-3-1-4-11-17)18-12-5-2-6-13-18/h1-14H,(H2,22,23,24). The summed E-state index contributed by atoms with van der Waals surface area (Å²) in [6.45, 7) is 0. The Hall–Kier alpha value is -2.70. The quantitative estimate of drug-likeness (QED) is 0.550. The number of benzene rings is 3. The van der Waals surface area contributed by atoms with E-state index in [1.165, 1.54) is 0 Å². The number of hydrogen-bond acceptors (Lipinski definition) is 2. The average molecular weight is 349 g/mol. The molecule has 3 aromatic carbocycles. The molecule has 0 bridgehead atoms. The van der Waals surface area contributed by atoms with E-state index in [2.05, 4.69) is 6.07 Å². The van der Waals surface area contributed by atoms with Crippen LogP contribution in [0.15, 0.2) is 84.9 Å². The maximum atomic E-state index is 12.9. The number of rotatable bonds is 4. The van der Waals surface area contributed by atoms with Crippen LogP contribution >= 0.6 is 7.60 Å². The zero-order valence-corrected chi connectivity index (χ0v) is 14.2. The van der Waals surface area contributed by atoms with Gasteiger partial charge in [-0.3, -0.25) is 4.57 Å². The predicted octanol–water partition coefficient (Wildman–Crippen LogP) is 4.03. The van der Waals surface area contributed by atoms with Gasteiger partial charge >= 0.3 is 7.60 Å². The van der Waals surface area contributed by atoms with Crippen molar-refractivity contribution >= 4 is 7.60 Å². The van der Waals surface area contributed by atoms with Gasteiger partial charge in [0.15, 0.2) is 0 Å². The van der Waals surface area contributed by atoms with Crippen LogP contribution in [0.25, 0.3) is 0 Å². The van der Waals surface area contributed by atoms with Crippen molar-refractivity contribution in [3.05, 3.63) is 107 Å². The van der Waals surface area contributed by atoms with Crippen molar-refractivity contribution < 1.29 is 14.4 Å². The molecule has 0 atom stereocenters. The van der Waals surface area contributed by atoms with Crippen molar-refractivity contribution in [1.29, 1.82) is 5.26 Å². The third-order valence-corrected chi connectivity index (χ3v) is 5.89. The molecule has 5 heteroatoms. The fourth-order valence-corrected chi connectivity index (χ4v) is 4.71. The summed E-state index contributed by atoms with van der Waals surface area (Å²) in [5.74, 6) is 0. The predicted molar refractivity (Wildman–Crippen MR) is 96.0 cm³/mol. The van der Waals surface area contributed by atoms with Gasteiger partial charge in [-0.25, -0.2) is 0 Å². The summed E-state index contributed by atoms with van der Waals surface area (Å²) < 4.78 is 12.9. The molecule has 0 aromatic heterocycles. The van der Waals surface area contributed by atoms with E-state index in [1.54, 1.807) is 84.9 Å². The summed E-state index contributed by atoms with van der Waals surface area (Å²) in [4.78, 5) is 21.0. The van der Waals surface area contributed by atoms with Crippen molar-refractivity contribution in [2.24, 2.45) is 0 Å². The first-order valence-electron chi connectivity index (χ1n) is 7.68. The van der Waals surface area contributed by atoms with Crippen molar-refractivity contribution in [2.45, 2.75) is 5.16 Å². The van der Waals surface area contributed by atoms with Crippen molar-refractivity contribution in [3.63, 3.8) is 0 Å². The highest BCUT2D eigenvalue weighted by atomic mass is 31.2. The minimum absolute atomic E-state index is 0.235. The summed E-state index contributed by atoms with van der Waals surface area (Å²) >= 11 is 0. The Kier molecular flexibility index (Phi) is 4.57. The summed E-state index contributed by atoms with van der Waals surface area (Å²) in [7, 11) is -4.76. The van der Waals surface area contributed by atoms with E-state index < -0.39 is 12.8 Å². The van der Waals surface area contributed by atoms with E-state index >= 15 is 0 Å². The van der Waals surface area contributed by atoms with Gasteiger partial charge in [0.1, 0.15) is 5.16 Å². The van der Waals surface area contributed by atoms with E-state index in [0.29, 0.717) is 16.7 Å². The van der Waals surface area contributed by atoms with Crippen LogP contribution in [0.4, 0.5) is 0 Å². The summed E-state index contributed by atoms with van der Waals surface area (Å²) in [6.07, 6.45) is 0. The molecular formula is C20H16NO3P. The largest absolute Gasteiger partial charge is 0.344 e. The van der Waals surface area contributed by atoms with Crippen molar-refractivity contribution in [1.82, 2.24) is 0 Å². The first kappa shape index (κ1) is 17.1. The van der Waals surface area contributed by atoms with Crippen LogP contribution in [-0.4, -0.2) is 9.79 Å². The van der Waals surface area contributed by atoms with Crippen molar-refractivity contribution in [2.75, 3.05) is 0 Å². The Morgan fingerprint density at radius 3 is 1.64 bits per heavy atom. The molecule has 0 aliphatic rings. The SMILES string of the molecule is N#Cc1ccccc1C(c1ccccc1)(c1ccccc1)P(=O)(O)O. The zero-order chi connectivity index (χ0) is 17.9. The van der Waals surface area contributed by atoms with Gasteiger partial charge in [-0.05, 0) is 22.8 Å². The molecule has 0 saturated carbocycles. The normalized spacial score (nSPS) is 11.7. The van der Waals surface area contributed by atoms with Crippen LogP contribution in [0, 0.1) is 11.3 Å². The lowest BCUT2D eigenvalue weighted by molar-refractivity contribution is 0.349. The molecule has 3 rings (SSSR count). The Balaban J connectivity index is 2.52. The van der Waals surface area contributed by atoms with Gasteiger partial charge in [-0.2, -0.15) is 5.26 Å². The maximum Gasteiger partial charge on any atom is 0.344 e. The monoisotopic (exact) mass is 349 g/mol. The molecule has 0 aliphatic heterocycles. The third kappa shape index (κ3) is 2.79. The molecule has 0 amide bonds. The van der Waals surface area contributed by atoms with E-state index in [-0.39, 0.29) is 5.56 Å². The molecule has 0 aliphatic carbocycles. The van der Waals surface area contributed by atoms with Crippen LogP contribution in [0.1, 0.15) is 22.3 Å². The van der Waals surface area contributed by atoms with Crippen LogP contribution in [0.3, 0.4) is 0 Å². The van der Waals surface area contributed by atoms with Crippen LogP contribution in [0.2, 0.25) is 0 Å². The molecule has 0 saturated heterocycles. The first-order valence-corrected chi connectivity index (χ1v) is 9.29. The summed E-state index contributed by atoms with van der Waals surface area (Å²) in [5.41, 5.74) is 1.41. The topological polar surface area (TPSA) is 81.3 Å². The fraction of sp³-hybridized carbons (Fsp3) is 0.0500. The second kappa shape index (κ2) is 6.66. The highest BCUT2D eigenvalue weighted by Crippen LogP contribution is 2.64. The highest BCUT2D eigenvalue weighted by molar-refractivity contribution is 7.53. The molecule has 0 heterocycles. The number of nitrogens with zero attached hydrogens (tertiary/aromatic N) is 1. The summed E-state index contributed by atoms with van der Waals surface area (Å²) in [5, 5.41) is 7.79. The minimum Gasteiger partial charge on any atom is -0.323 e. The number of nitriles is 1. The zero-order valence-electron chi connectivity index (χ0n) is 13.3. The van der Waals surface area contributed by atoms with Crippen LogP contribution in [-0.2, 0) is 9.72 Å². The van der Waals surface area contributed by atoms with Gasteiger partial charge in [0.25, 0.3) is 0 Å². The maximum absolute atomic E-state index is 12.9. The molecule has 25 heavy (non-hydrogen) atoms. The highest BCUT2D eigenvalue weighted by Gasteiger charge is 2.52. The van der Waals surface area contributed by atoms with Gasteiger partial charge in [-0.1, -0.05) is 78.9 Å². The lowest BCUT2D eigenvalue weighted by Gasteiger charge is -2.36. The first-order chi connectivity index (χ1) is 12.0. The smallest absolute Gasteiger partial charge is 0.323 e. The number of hydrogen-bond donors (Lipinski definition) is 2. The Morgan fingerprint density at radius 1 is 0.760 bits per heavy atom. The molecule has 124 valence electrons. The van der Waals surface area contributed by atoms with Crippen LogP contribution < -0.4 is 0 Å². The van der Waals surface area contributed by atoms with Crippen LogP contribution in [0.5, 0.6) is 0 Å². The summed E-state index contributed by atoms with van der Waals surface area (Å²) in [6, 6.07) is 25.9. The molecule has 0 unspecified atom stereocenters. The lowest BCUT2D eigenvalue weighted by Crippen LogP contribution is -2.30. The molecule has 0 fully saturated rings. The second-order valence-electron chi connectivity index (χ2n) is 5.64. The van der Waals surface area contributed by atoms with E-state index in [1.807, 2.05) is 0 Å². The Bertz CT molecular complexity index is 919. The van der Waals surface area contributed by atoms with Gasteiger partial charge in [0.2, 0.25) is 0 Å². The fourth-order valence-electron chi connectivity index (χ4n) is 3.23. The molecule has 4 nitrogen and oxygen atoms in total. The van der Waals surface area contributed by atoms with E-state index in [9.17, 15) is 19.6 Å². The van der Waals surface area contributed by atoms with E-state index in [0.717, 1.165) is 0 Å². The van der Waals surface area contributed by atoms with Gasteiger partial charge in [-0.15, -0.1) is 0 Å². The van der Waals surface area contributed by atoms with Gasteiger partial charge in [0.05, 0.1) is 11.6 Å². The molecule has 0 spiro atoms. The Morgan fingerprint density at radius 2 is 1.20 bits per heavy atom. The minimum atomic E-state index is -4.76. The third-order valence-electron chi connectivity index (χ3n) is 4.26.